The van der Waals surface area contributed by atoms with Crippen LogP contribution in [-0.2, 0) is 4.79 Å². The van der Waals surface area contributed by atoms with Gasteiger partial charge in [0.05, 0.1) is 24.7 Å². The molecule has 2 amide bonds. The molecule has 138 valence electrons. The molecule has 1 saturated carbocycles. The molecule has 1 fully saturated rings. The summed E-state index contributed by atoms with van der Waals surface area (Å²) in [5, 5.41) is 5.49. The van der Waals surface area contributed by atoms with Crippen molar-refractivity contribution in [2.75, 3.05) is 17.7 Å². The number of ether oxygens (including phenoxy) is 1. The van der Waals surface area contributed by atoms with Crippen molar-refractivity contribution in [3.8, 4) is 5.75 Å². The number of imidazole rings is 1. The smallest absolute Gasteiger partial charge is 0.257 e. The van der Waals surface area contributed by atoms with Gasteiger partial charge < -0.3 is 19.9 Å². The maximum Gasteiger partial charge on any atom is 0.257 e. The molecule has 3 aromatic rings. The fraction of sp³-hybridized carbons (Fsp3) is 0.263. The average molecular weight is 365 g/mol. The SMILES string of the molecule is COc1ccc(NC(C)=O)cc1NC(=O)c1cnc2c(c1)ncn2C1CC1. The molecule has 2 N–H and O–H groups in total. The van der Waals surface area contributed by atoms with Crippen molar-refractivity contribution in [3.05, 3.63) is 42.4 Å². The minimum absolute atomic E-state index is 0.196. The summed E-state index contributed by atoms with van der Waals surface area (Å²) in [5.41, 5.74) is 2.90. The van der Waals surface area contributed by atoms with E-state index in [4.69, 9.17) is 4.74 Å². The van der Waals surface area contributed by atoms with Crippen LogP contribution in [0.25, 0.3) is 11.2 Å². The summed E-state index contributed by atoms with van der Waals surface area (Å²) in [6.45, 7) is 1.42. The summed E-state index contributed by atoms with van der Waals surface area (Å²) in [4.78, 5) is 32.7. The number of hydrogen-bond donors (Lipinski definition) is 2. The summed E-state index contributed by atoms with van der Waals surface area (Å²) in [5.74, 6) is -0.0357. The van der Waals surface area contributed by atoms with Gasteiger partial charge in [0.2, 0.25) is 5.91 Å². The van der Waals surface area contributed by atoms with Crippen LogP contribution in [0.1, 0.15) is 36.2 Å². The number of benzene rings is 1. The molecule has 0 radical (unpaired) electrons. The van der Waals surface area contributed by atoms with Crippen LogP contribution in [0.5, 0.6) is 5.75 Å². The summed E-state index contributed by atoms with van der Waals surface area (Å²) in [6.07, 6.45) is 5.60. The van der Waals surface area contributed by atoms with E-state index in [-0.39, 0.29) is 11.8 Å². The van der Waals surface area contributed by atoms with E-state index in [1.54, 1.807) is 36.8 Å². The number of anilines is 2. The molecule has 1 aromatic carbocycles. The van der Waals surface area contributed by atoms with Crippen molar-refractivity contribution in [1.29, 1.82) is 0 Å². The maximum atomic E-state index is 12.7. The van der Waals surface area contributed by atoms with Gasteiger partial charge in [0, 0.05) is 24.8 Å². The number of carbonyl (C=O) groups excluding carboxylic acids is 2. The number of amides is 2. The van der Waals surface area contributed by atoms with Gasteiger partial charge in [0.1, 0.15) is 11.3 Å². The summed E-state index contributed by atoms with van der Waals surface area (Å²) in [7, 11) is 1.52. The minimum Gasteiger partial charge on any atom is -0.495 e. The van der Waals surface area contributed by atoms with Crippen molar-refractivity contribution in [2.45, 2.75) is 25.8 Å². The van der Waals surface area contributed by atoms with E-state index in [0.717, 1.165) is 18.5 Å². The van der Waals surface area contributed by atoms with Gasteiger partial charge in [-0.05, 0) is 37.1 Å². The third kappa shape index (κ3) is 3.46. The molecule has 0 unspecified atom stereocenters. The molecule has 8 heteroatoms. The lowest BCUT2D eigenvalue weighted by Gasteiger charge is -2.12. The fourth-order valence-electron chi connectivity index (χ4n) is 2.94. The molecule has 0 atom stereocenters. The zero-order valence-corrected chi connectivity index (χ0v) is 15.0. The van der Waals surface area contributed by atoms with E-state index in [2.05, 4.69) is 25.2 Å². The Hall–Kier alpha value is -3.42. The van der Waals surface area contributed by atoms with Crippen molar-refractivity contribution in [1.82, 2.24) is 14.5 Å². The van der Waals surface area contributed by atoms with E-state index >= 15 is 0 Å². The Balaban J connectivity index is 1.59. The standard InChI is InChI=1S/C19H19N5O3/c1-11(25)22-13-3-6-17(27-2)15(8-13)23-19(26)12-7-16-18(20-9-12)24(10-21-16)14-4-5-14/h3,6-10,14H,4-5H2,1-2H3,(H,22,25)(H,23,26). The van der Waals surface area contributed by atoms with Gasteiger partial charge in [0.15, 0.2) is 5.65 Å². The first kappa shape index (κ1) is 17.0. The third-order valence-corrected chi connectivity index (χ3v) is 4.38. The molecule has 0 bridgehead atoms. The molecule has 2 heterocycles. The molecule has 1 aliphatic carbocycles. The number of hydrogen-bond acceptors (Lipinski definition) is 5. The normalized spacial score (nSPS) is 13.4. The number of rotatable bonds is 5. The van der Waals surface area contributed by atoms with Gasteiger partial charge in [-0.25, -0.2) is 9.97 Å². The lowest BCUT2D eigenvalue weighted by atomic mass is 10.2. The molecular weight excluding hydrogens is 346 g/mol. The number of methoxy groups -OCH3 is 1. The number of carbonyl (C=O) groups is 2. The number of nitrogens with zero attached hydrogens (tertiary/aromatic N) is 3. The van der Waals surface area contributed by atoms with Crippen LogP contribution >= 0.6 is 0 Å². The van der Waals surface area contributed by atoms with E-state index in [1.807, 2.05) is 0 Å². The molecule has 8 nitrogen and oxygen atoms in total. The van der Waals surface area contributed by atoms with Crippen molar-refractivity contribution in [3.63, 3.8) is 0 Å². The zero-order chi connectivity index (χ0) is 19.0. The average Bonchev–Trinajstić information content (AvgIpc) is 3.40. The lowest BCUT2D eigenvalue weighted by molar-refractivity contribution is -0.114. The predicted octanol–water partition coefficient (Wildman–Crippen LogP) is 2.99. The second-order valence-electron chi connectivity index (χ2n) is 6.50. The summed E-state index contributed by atoms with van der Waals surface area (Å²) < 4.78 is 7.34. The Morgan fingerprint density at radius 2 is 2.00 bits per heavy atom. The third-order valence-electron chi connectivity index (χ3n) is 4.38. The Kier molecular flexibility index (Phi) is 4.23. The fourth-order valence-corrected chi connectivity index (χ4v) is 2.94. The highest BCUT2D eigenvalue weighted by molar-refractivity contribution is 6.06. The Bertz CT molecular complexity index is 1040. The molecule has 0 saturated heterocycles. The Labute approximate surface area is 155 Å². The highest BCUT2D eigenvalue weighted by Gasteiger charge is 2.25. The van der Waals surface area contributed by atoms with E-state index in [1.165, 1.54) is 14.0 Å². The molecule has 4 rings (SSSR count). The summed E-state index contributed by atoms with van der Waals surface area (Å²) in [6, 6.07) is 7.23. The van der Waals surface area contributed by atoms with E-state index in [0.29, 0.717) is 34.2 Å². The Morgan fingerprint density at radius 1 is 1.19 bits per heavy atom. The number of pyridine rings is 1. The van der Waals surface area contributed by atoms with Gasteiger partial charge in [-0.15, -0.1) is 0 Å². The highest BCUT2D eigenvalue weighted by Crippen LogP contribution is 2.36. The predicted molar refractivity (Wildman–Crippen MR) is 101 cm³/mol. The van der Waals surface area contributed by atoms with Gasteiger partial charge in [-0.2, -0.15) is 0 Å². The molecule has 27 heavy (non-hydrogen) atoms. The topological polar surface area (TPSA) is 98.1 Å². The number of fused-ring (bicyclic) bond motifs is 1. The van der Waals surface area contributed by atoms with Crippen LogP contribution in [0.2, 0.25) is 0 Å². The zero-order valence-electron chi connectivity index (χ0n) is 15.0. The van der Waals surface area contributed by atoms with Crippen LogP contribution in [-0.4, -0.2) is 33.5 Å². The minimum atomic E-state index is -0.330. The second-order valence-corrected chi connectivity index (χ2v) is 6.50. The maximum absolute atomic E-state index is 12.7. The van der Waals surface area contributed by atoms with Gasteiger partial charge >= 0.3 is 0 Å². The second kappa shape index (κ2) is 6.71. The first-order chi connectivity index (χ1) is 13.0. The van der Waals surface area contributed by atoms with E-state index in [9.17, 15) is 9.59 Å². The first-order valence-corrected chi connectivity index (χ1v) is 8.64. The Morgan fingerprint density at radius 3 is 2.70 bits per heavy atom. The lowest BCUT2D eigenvalue weighted by Crippen LogP contribution is -2.14. The van der Waals surface area contributed by atoms with Gasteiger partial charge in [-0.1, -0.05) is 0 Å². The van der Waals surface area contributed by atoms with Crippen LogP contribution in [0.15, 0.2) is 36.8 Å². The van der Waals surface area contributed by atoms with Gasteiger partial charge in [-0.3, -0.25) is 9.59 Å². The largest absolute Gasteiger partial charge is 0.495 e. The quantitative estimate of drug-likeness (QED) is 0.724. The van der Waals surface area contributed by atoms with Crippen molar-refractivity contribution in [2.24, 2.45) is 0 Å². The van der Waals surface area contributed by atoms with Crippen molar-refractivity contribution < 1.29 is 14.3 Å². The molecule has 1 aliphatic rings. The van der Waals surface area contributed by atoms with Crippen LogP contribution in [0.3, 0.4) is 0 Å². The number of nitrogens with one attached hydrogen (secondary N) is 2. The highest BCUT2D eigenvalue weighted by atomic mass is 16.5. The number of aromatic nitrogens is 3. The molecular formula is C19H19N5O3. The first-order valence-electron chi connectivity index (χ1n) is 8.64. The molecule has 2 aromatic heterocycles. The van der Waals surface area contributed by atoms with Gasteiger partial charge in [0.25, 0.3) is 5.91 Å². The van der Waals surface area contributed by atoms with Crippen LogP contribution in [0.4, 0.5) is 11.4 Å². The van der Waals surface area contributed by atoms with Crippen LogP contribution < -0.4 is 15.4 Å². The molecule has 0 aliphatic heterocycles. The van der Waals surface area contributed by atoms with Crippen molar-refractivity contribution >= 4 is 34.4 Å². The van der Waals surface area contributed by atoms with E-state index < -0.39 is 0 Å². The monoisotopic (exact) mass is 365 g/mol. The summed E-state index contributed by atoms with van der Waals surface area (Å²) >= 11 is 0. The van der Waals surface area contributed by atoms with Crippen LogP contribution in [0, 0.1) is 0 Å². The molecule has 0 spiro atoms.